The third-order valence-corrected chi connectivity index (χ3v) is 4.75. The Labute approximate surface area is 147 Å². The Balaban J connectivity index is 0.00000121. The lowest BCUT2D eigenvalue weighted by molar-refractivity contribution is -0.135. The normalized spacial score (nSPS) is 17.4. The van der Waals surface area contributed by atoms with Crippen LogP contribution in [-0.2, 0) is 11.3 Å². The van der Waals surface area contributed by atoms with Crippen LogP contribution in [0.15, 0.2) is 24.3 Å². The number of para-hydroxylation sites is 1. The van der Waals surface area contributed by atoms with Gasteiger partial charge in [0.15, 0.2) is 0 Å². The van der Waals surface area contributed by atoms with Crippen molar-refractivity contribution >= 4 is 52.3 Å². The number of hydrogen-bond donors (Lipinski definition) is 1. The van der Waals surface area contributed by atoms with Crippen LogP contribution in [0.25, 0.3) is 10.2 Å². The molecule has 0 bridgehead atoms. The van der Waals surface area contributed by atoms with Gasteiger partial charge in [0.2, 0.25) is 5.91 Å². The van der Waals surface area contributed by atoms with Crippen molar-refractivity contribution in [2.24, 2.45) is 5.92 Å². The van der Waals surface area contributed by atoms with E-state index >= 15 is 0 Å². The standard InChI is InChI=1S/C15H19N3OS.2ClH/c1-18(15(19)11-5-4-8-16-9-11)10-14-17-12-6-2-3-7-13(12)20-14;;/h2-3,6-7,11,16H,4-5,8-10H2,1H3;2*1H/t11-;;/m1../s1. The van der Waals surface area contributed by atoms with Gasteiger partial charge in [-0.15, -0.1) is 36.2 Å². The third-order valence-electron chi connectivity index (χ3n) is 3.73. The van der Waals surface area contributed by atoms with Crippen LogP contribution in [0.2, 0.25) is 0 Å². The van der Waals surface area contributed by atoms with Crippen molar-refractivity contribution in [2.45, 2.75) is 19.4 Å². The fraction of sp³-hybridized carbons (Fsp3) is 0.467. The Morgan fingerprint density at radius 1 is 1.41 bits per heavy atom. The monoisotopic (exact) mass is 361 g/mol. The molecule has 1 aromatic carbocycles. The molecule has 1 aromatic heterocycles. The van der Waals surface area contributed by atoms with Crippen LogP contribution in [0.5, 0.6) is 0 Å². The zero-order valence-corrected chi connectivity index (χ0v) is 14.9. The van der Waals surface area contributed by atoms with Gasteiger partial charge < -0.3 is 10.2 Å². The first kappa shape index (κ1) is 19.2. The lowest BCUT2D eigenvalue weighted by atomic mass is 9.98. The molecule has 4 nitrogen and oxygen atoms in total. The van der Waals surface area contributed by atoms with Gasteiger partial charge in [-0.2, -0.15) is 0 Å². The summed E-state index contributed by atoms with van der Waals surface area (Å²) in [6.45, 7) is 2.45. The quantitative estimate of drug-likeness (QED) is 0.913. The topological polar surface area (TPSA) is 45.2 Å². The third kappa shape index (κ3) is 4.32. The van der Waals surface area contributed by atoms with Gasteiger partial charge in [0.05, 0.1) is 22.7 Å². The maximum absolute atomic E-state index is 12.4. The highest BCUT2D eigenvalue weighted by atomic mass is 35.5. The van der Waals surface area contributed by atoms with E-state index < -0.39 is 0 Å². The summed E-state index contributed by atoms with van der Waals surface area (Å²) < 4.78 is 1.18. The molecule has 1 aliphatic rings. The molecule has 1 amide bonds. The van der Waals surface area contributed by atoms with E-state index in [9.17, 15) is 4.79 Å². The number of hydrogen-bond acceptors (Lipinski definition) is 4. The number of aromatic nitrogens is 1. The molecule has 122 valence electrons. The Morgan fingerprint density at radius 3 is 2.86 bits per heavy atom. The number of amides is 1. The molecular weight excluding hydrogens is 341 g/mol. The van der Waals surface area contributed by atoms with Crippen molar-refractivity contribution in [1.29, 1.82) is 0 Å². The zero-order chi connectivity index (χ0) is 13.9. The van der Waals surface area contributed by atoms with Gasteiger partial charge in [-0.3, -0.25) is 4.79 Å². The van der Waals surface area contributed by atoms with E-state index in [0.29, 0.717) is 6.54 Å². The minimum Gasteiger partial charge on any atom is -0.339 e. The molecule has 0 aliphatic carbocycles. The minimum atomic E-state index is 0. The molecule has 1 fully saturated rings. The molecule has 0 saturated carbocycles. The lowest BCUT2D eigenvalue weighted by Gasteiger charge is -2.26. The van der Waals surface area contributed by atoms with Crippen LogP contribution in [0.1, 0.15) is 17.8 Å². The van der Waals surface area contributed by atoms with Gasteiger partial charge >= 0.3 is 0 Å². The number of fused-ring (bicyclic) bond motifs is 1. The first-order valence-corrected chi connectivity index (χ1v) is 7.86. The number of piperidine rings is 1. The van der Waals surface area contributed by atoms with Gasteiger partial charge in [-0.25, -0.2) is 4.98 Å². The SMILES string of the molecule is CN(Cc1nc2ccccc2s1)C(=O)[C@@H]1CCCNC1.Cl.Cl. The van der Waals surface area contributed by atoms with Gasteiger partial charge in [0, 0.05) is 13.6 Å². The number of carbonyl (C=O) groups excluding carboxylic acids is 1. The fourth-order valence-electron chi connectivity index (χ4n) is 2.64. The van der Waals surface area contributed by atoms with E-state index in [2.05, 4.69) is 16.4 Å². The first-order chi connectivity index (χ1) is 9.74. The molecule has 7 heteroatoms. The number of benzene rings is 1. The summed E-state index contributed by atoms with van der Waals surface area (Å²) in [4.78, 5) is 18.8. The molecule has 1 N–H and O–H groups in total. The van der Waals surface area contributed by atoms with E-state index in [1.165, 1.54) is 4.70 Å². The highest BCUT2D eigenvalue weighted by Crippen LogP contribution is 2.23. The van der Waals surface area contributed by atoms with E-state index in [1.54, 1.807) is 11.3 Å². The van der Waals surface area contributed by atoms with Crippen LogP contribution in [0.4, 0.5) is 0 Å². The Bertz CT molecular complexity index is 581. The summed E-state index contributed by atoms with van der Waals surface area (Å²) in [7, 11) is 1.88. The van der Waals surface area contributed by atoms with E-state index in [1.807, 2.05) is 30.1 Å². The molecule has 2 aromatic rings. The maximum atomic E-state index is 12.4. The number of rotatable bonds is 3. The predicted octanol–water partition coefficient (Wildman–Crippen LogP) is 3.10. The summed E-state index contributed by atoms with van der Waals surface area (Å²) in [6.07, 6.45) is 2.08. The second kappa shape index (κ2) is 8.67. The van der Waals surface area contributed by atoms with Crippen LogP contribution in [0.3, 0.4) is 0 Å². The van der Waals surface area contributed by atoms with E-state index in [0.717, 1.165) is 36.5 Å². The fourth-order valence-corrected chi connectivity index (χ4v) is 3.66. The van der Waals surface area contributed by atoms with Gasteiger partial charge in [0.1, 0.15) is 5.01 Å². The van der Waals surface area contributed by atoms with Gasteiger partial charge in [0.25, 0.3) is 0 Å². The van der Waals surface area contributed by atoms with Crippen LogP contribution in [0, 0.1) is 5.92 Å². The first-order valence-electron chi connectivity index (χ1n) is 7.04. The summed E-state index contributed by atoms with van der Waals surface area (Å²) in [6, 6.07) is 8.10. The molecule has 1 aliphatic heterocycles. The van der Waals surface area contributed by atoms with Crippen molar-refractivity contribution in [2.75, 3.05) is 20.1 Å². The number of thiazole rings is 1. The lowest BCUT2D eigenvalue weighted by Crippen LogP contribution is -2.41. The van der Waals surface area contributed by atoms with Crippen LogP contribution < -0.4 is 5.32 Å². The molecule has 0 unspecified atom stereocenters. The molecule has 3 rings (SSSR count). The average Bonchev–Trinajstić information content (AvgIpc) is 2.89. The average molecular weight is 362 g/mol. The molecule has 0 radical (unpaired) electrons. The molecule has 1 atom stereocenters. The van der Waals surface area contributed by atoms with E-state index in [-0.39, 0.29) is 36.6 Å². The van der Waals surface area contributed by atoms with E-state index in [4.69, 9.17) is 0 Å². The predicted molar refractivity (Wildman–Crippen MR) is 96.2 cm³/mol. The molecule has 0 spiro atoms. The molecule has 2 heterocycles. The highest BCUT2D eigenvalue weighted by Gasteiger charge is 2.24. The van der Waals surface area contributed by atoms with Gasteiger partial charge in [-0.1, -0.05) is 12.1 Å². The maximum Gasteiger partial charge on any atom is 0.227 e. The number of nitrogens with one attached hydrogen (secondary N) is 1. The molecule has 1 saturated heterocycles. The second-order valence-electron chi connectivity index (χ2n) is 5.31. The second-order valence-corrected chi connectivity index (χ2v) is 6.43. The Kier molecular flexibility index (Phi) is 7.56. The summed E-state index contributed by atoms with van der Waals surface area (Å²) in [5, 5.41) is 4.30. The molecule has 22 heavy (non-hydrogen) atoms. The van der Waals surface area contributed by atoms with Crippen molar-refractivity contribution in [3.63, 3.8) is 0 Å². The summed E-state index contributed by atoms with van der Waals surface area (Å²) in [5.41, 5.74) is 1.02. The number of carbonyl (C=O) groups is 1. The van der Waals surface area contributed by atoms with Crippen molar-refractivity contribution in [3.8, 4) is 0 Å². The summed E-state index contributed by atoms with van der Waals surface area (Å²) >= 11 is 1.67. The molecular formula is C15H21Cl2N3OS. The number of halogens is 2. The van der Waals surface area contributed by atoms with Crippen LogP contribution in [-0.4, -0.2) is 35.9 Å². The van der Waals surface area contributed by atoms with Crippen molar-refractivity contribution in [1.82, 2.24) is 15.2 Å². The van der Waals surface area contributed by atoms with Gasteiger partial charge in [-0.05, 0) is 31.5 Å². The minimum absolute atomic E-state index is 0. The van der Waals surface area contributed by atoms with Crippen molar-refractivity contribution < 1.29 is 4.79 Å². The Morgan fingerprint density at radius 2 is 2.18 bits per heavy atom. The summed E-state index contributed by atoms with van der Waals surface area (Å²) in [5.74, 6) is 0.361. The largest absolute Gasteiger partial charge is 0.339 e. The van der Waals surface area contributed by atoms with Crippen LogP contribution >= 0.6 is 36.2 Å². The number of nitrogens with zero attached hydrogens (tertiary/aromatic N) is 2. The Hall–Kier alpha value is -0.880. The highest BCUT2D eigenvalue weighted by molar-refractivity contribution is 7.18. The smallest absolute Gasteiger partial charge is 0.227 e. The zero-order valence-electron chi connectivity index (χ0n) is 12.4. The van der Waals surface area contributed by atoms with Crippen molar-refractivity contribution in [3.05, 3.63) is 29.3 Å².